The van der Waals surface area contributed by atoms with Crippen LogP contribution in [-0.4, -0.2) is 12.4 Å². The first kappa shape index (κ1) is 26.0. The minimum Gasteiger partial charge on any atom is -0.272 e. The summed E-state index contributed by atoms with van der Waals surface area (Å²) in [6.45, 7) is 8.19. The van der Waals surface area contributed by atoms with E-state index >= 15 is 0 Å². The third kappa shape index (κ3) is 6.40. The van der Waals surface area contributed by atoms with E-state index in [0.717, 1.165) is 5.56 Å². The SMILES string of the molecule is C=N/C=C(C(C)=Nc1cc(C(F)(F)F)cc(C(F)(F)F)c1)/C(=C\C)c1ccc(CC)cc1F. The summed E-state index contributed by atoms with van der Waals surface area (Å²) in [4.78, 5) is 7.64. The van der Waals surface area contributed by atoms with E-state index in [0.29, 0.717) is 24.1 Å². The number of nitrogens with zero attached hydrogens (tertiary/aromatic N) is 2. The molecule has 0 atom stereocenters. The second-order valence-electron chi connectivity index (χ2n) is 7.06. The zero-order valence-electron chi connectivity index (χ0n) is 18.1. The zero-order chi connectivity index (χ0) is 25.0. The van der Waals surface area contributed by atoms with Crippen molar-refractivity contribution in [2.45, 2.75) is 39.5 Å². The first-order valence-electron chi connectivity index (χ1n) is 9.78. The summed E-state index contributed by atoms with van der Waals surface area (Å²) in [6, 6.07) is 5.67. The molecule has 0 saturated heterocycles. The summed E-state index contributed by atoms with van der Waals surface area (Å²) in [6.07, 6.45) is -6.62. The van der Waals surface area contributed by atoms with Crippen LogP contribution in [0.3, 0.4) is 0 Å². The van der Waals surface area contributed by atoms with Gasteiger partial charge < -0.3 is 0 Å². The molecule has 2 aromatic carbocycles. The molecule has 9 heteroatoms. The number of halogens is 7. The van der Waals surface area contributed by atoms with Crippen molar-refractivity contribution in [1.29, 1.82) is 0 Å². The first-order valence-corrected chi connectivity index (χ1v) is 9.78. The maximum Gasteiger partial charge on any atom is 0.416 e. The Balaban J connectivity index is 2.65. The Labute approximate surface area is 186 Å². The molecule has 2 aromatic rings. The number of hydrogen-bond donors (Lipinski definition) is 0. The molecule has 0 fully saturated rings. The molecule has 176 valence electrons. The van der Waals surface area contributed by atoms with E-state index in [1.165, 1.54) is 19.2 Å². The quantitative estimate of drug-likeness (QED) is 0.231. The van der Waals surface area contributed by atoms with Crippen molar-refractivity contribution < 1.29 is 30.7 Å². The molecule has 0 radical (unpaired) electrons. The molecule has 2 rings (SSSR count). The molecule has 0 saturated carbocycles. The van der Waals surface area contributed by atoms with E-state index < -0.39 is 35.0 Å². The number of hydrogen-bond acceptors (Lipinski definition) is 2. The van der Waals surface area contributed by atoms with Crippen LogP contribution in [0.5, 0.6) is 0 Å². The standard InChI is InChI=1S/C24H21F7N2/c1-5-15-7-8-20(22(25)9-15)19(6-2)21(13-32-4)14(3)33-18-11-16(23(26,27)28)10-17(12-18)24(29,30)31/h6-13H,4-5H2,1-3H3/b19-6-,21-13+,33-14?. The highest BCUT2D eigenvalue weighted by atomic mass is 19.4. The van der Waals surface area contributed by atoms with Gasteiger partial charge >= 0.3 is 12.4 Å². The molecule has 0 heterocycles. The van der Waals surface area contributed by atoms with Gasteiger partial charge in [0.1, 0.15) is 5.82 Å². The van der Waals surface area contributed by atoms with Gasteiger partial charge in [0.2, 0.25) is 0 Å². The normalized spacial score (nSPS) is 13.9. The maximum atomic E-state index is 14.7. The predicted molar refractivity (Wildman–Crippen MR) is 116 cm³/mol. The number of rotatable bonds is 6. The molecule has 2 nitrogen and oxygen atoms in total. The predicted octanol–water partition coefficient (Wildman–Crippen LogP) is 8.21. The highest BCUT2D eigenvalue weighted by molar-refractivity contribution is 6.13. The van der Waals surface area contributed by atoms with Crippen LogP contribution in [0.25, 0.3) is 5.57 Å². The maximum absolute atomic E-state index is 14.7. The number of alkyl halides is 6. The molecular formula is C24H21F7N2. The van der Waals surface area contributed by atoms with Gasteiger partial charge in [-0.05, 0) is 62.4 Å². The van der Waals surface area contributed by atoms with E-state index in [1.54, 1.807) is 25.1 Å². The minimum atomic E-state index is -5.00. The fourth-order valence-electron chi connectivity index (χ4n) is 3.16. The van der Waals surface area contributed by atoms with Gasteiger partial charge in [0, 0.05) is 23.0 Å². The third-order valence-electron chi connectivity index (χ3n) is 4.79. The van der Waals surface area contributed by atoms with Gasteiger partial charge in [-0.3, -0.25) is 9.98 Å². The Bertz CT molecular complexity index is 1090. The van der Waals surface area contributed by atoms with Gasteiger partial charge in [-0.1, -0.05) is 25.1 Å². The van der Waals surface area contributed by atoms with E-state index in [2.05, 4.69) is 16.7 Å². The molecule has 33 heavy (non-hydrogen) atoms. The fraction of sp³-hybridized carbons (Fsp3) is 0.250. The zero-order valence-corrected chi connectivity index (χ0v) is 18.1. The highest BCUT2D eigenvalue weighted by Crippen LogP contribution is 2.38. The molecule has 0 spiro atoms. The average molecular weight is 470 g/mol. The lowest BCUT2D eigenvalue weighted by Gasteiger charge is -2.15. The lowest BCUT2D eigenvalue weighted by molar-refractivity contribution is -0.143. The molecule has 0 unspecified atom stereocenters. The lowest BCUT2D eigenvalue weighted by Crippen LogP contribution is -2.10. The molecule has 0 bridgehead atoms. The summed E-state index contributed by atoms with van der Waals surface area (Å²) in [5, 5.41) is 0. The van der Waals surface area contributed by atoms with E-state index in [4.69, 9.17) is 0 Å². The van der Waals surface area contributed by atoms with Crippen LogP contribution < -0.4 is 0 Å². The third-order valence-corrected chi connectivity index (χ3v) is 4.79. The largest absolute Gasteiger partial charge is 0.416 e. The number of allylic oxidation sites excluding steroid dienone is 3. The molecule has 0 aliphatic heterocycles. The molecular weight excluding hydrogens is 449 g/mol. The monoisotopic (exact) mass is 470 g/mol. The van der Waals surface area contributed by atoms with Crippen LogP contribution in [0.15, 0.2) is 64.2 Å². The summed E-state index contributed by atoms with van der Waals surface area (Å²) >= 11 is 0. The smallest absolute Gasteiger partial charge is 0.272 e. The minimum absolute atomic E-state index is 0.0262. The number of benzene rings is 2. The Hall–Kier alpha value is -3.23. The second-order valence-corrected chi connectivity index (χ2v) is 7.06. The molecule has 0 amide bonds. The Morgan fingerprint density at radius 1 is 0.970 bits per heavy atom. The number of aliphatic imine (C=N–C) groups is 2. The molecule has 0 aliphatic carbocycles. The molecule has 0 aliphatic rings. The Kier molecular flexibility index (Phi) is 8.00. The van der Waals surface area contributed by atoms with Crippen molar-refractivity contribution in [3.05, 3.63) is 82.3 Å². The van der Waals surface area contributed by atoms with Crippen LogP contribution in [0, 0.1) is 5.82 Å². The fourth-order valence-corrected chi connectivity index (χ4v) is 3.16. The lowest BCUT2D eigenvalue weighted by atomic mass is 9.93. The van der Waals surface area contributed by atoms with Crippen molar-refractivity contribution in [3.63, 3.8) is 0 Å². The average Bonchev–Trinajstić information content (AvgIpc) is 2.72. The van der Waals surface area contributed by atoms with Gasteiger partial charge in [0.25, 0.3) is 0 Å². The van der Waals surface area contributed by atoms with Gasteiger partial charge in [0.15, 0.2) is 0 Å². The van der Waals surface area contributed by atoms with Gasteiger partial charge in [-0.15, -0.1) is 0 Å². The van der Waals surface area contributed by atoms with Gasteiger partial charge in [-0.2, -0.15) is 26.3 Å². The van der Waals surface area contributed by atoms with Crippen LogP contribution in [0.2, 0.25) is 0 Å². The first-order chi connectivity index (χ1) is 15.3. The summed E-state index contributed by atoms with van der Waals surface area (Å²) in [7, 11) is 0. The van der Waals surface area contributed by atoms with E-state index in [-0.39, 0.29) is 22.9 Å². The summed E-state index contributed by atoms with van der Waals surface area (Å²) in [5.74, 6) is -0.538. The van der Waals surface area contributed by atoms with Gasteiger partial charge in [-0.25, -0.2) is 4.39 Å². The Morgan fingerprint density at radius 3 is 1.97 bits per heavy atom. The van der Waals surface area contributed by atoms with Crippen molar-refractivity contribution in [1.82, 2.24) is 0 Å². The topological polar surface area (TPSA) is 24.7 Å². The van der Waals surface area contributed by atoms with Crippen molar-refractivity contribution in [2.24, 2.45) is 9.98 Å². The van der Waals surface area contributed by atoms with Crippen LogP contribution in [-0.2, 0) is 18.8 Å². The summed E-state index contributed by atoms with van der Waals surface area (Å²) < 4.78 is 93.7. The number of aryl methyl sites for hydroxylation is 1. The summed E-state index contributed by atoms with van der Waals surface area (Å²) in [5.41, 5.74) is -2.04. The second kappa shape index (κ2) is 10.1. The van der Waals surface area contributed by atoms with Crippen molar-refractivity contribution in [3.8, 4) is 0 Å². The van der Waals surface area contributed by atoms with Crippen LogP contribution in [0.1, 0.15) is 43.0 Å². The highest BCUT2D eigenvalue weighted by Gasteiger charge is 2.37. The van der Waals surface area contributed by atoms with E-state index in [9.17, 15) is 30.7 Å². The van der Waals surface area contributed by atoms with Crippen LogP contribution in [0.4, 0.5) is 36.4 Å². The molecule has 0 N–H and O–H groups in total. The van der Waals surface area contributed by atoms with Crippen molar-refractivity contribution >= 4 is 23.7 Å². The van der Waals surface area contributed by atoms with Crippen LogP contribution >= 0.6 is 0 Å². The van der Waals surface area contributed by atoms with Gasteiger partial charge in [0.05, 0.1) is 16.8 Å². The van der Waals surface area contributed by atoms with E-state index in [1.807, 2.05) is 6.92 Å². The van der Waals surface area contributed by atoms with Crippen molar-refractivity contribution in [2.75, 3.05) is 0 Å². The molecule has 0 aromatic heterocycles. The Morgan fingerprint density at radius 2 is 1.55 bits per heavy atom.